The van der Waals surface area contributed by atoms with Gasteiger partial charge in [0.1, 0.15) is 5.01 Å². The van der Waals surface area contributed by atoms with E-state index in [4.69, 9.17) is 11.6 Å². The van der Waals surface area contributed by atoms with Gasteiger partial charge in [-0.1, -0.05) is 35.9 Å². The molecule has 0 fully saturated rings. The van der Waals surface area contributed by atoms with Gasteiger partial charge in [-0.15, -0.1) is 11.3 Å². The highest BCUT2D eigenvalue weighted by Crippen LogP contribution is 2.28. The number of anilines is 1. The summed E-state index contributed by atoms with van der Waals surface area (Å²) in [4.78, 5) is 17.9. The number of hydrogen-bond acceptors (Lipinski definition) is 3. The molecule has 0 saturated carbocycles. The highest BCUT2D eigenvalue weighted by atomic mass is 35.5. The topological polar surface area (TPSA) is 42.0 Å². The zero-order valence-electron chi connectivity index (χ0n) is 13.5. The van der Waals surface area contributed by atoms with Crippen molar-refractivity contribution >= 4 is 34.5 Å². The third kappa shape index (κ3) is 4.02. The number of benzene rings is 2. The molecule has 3 nitrogen and oxygen atoms in total. The van der Waals surface area contributed by atoms with Crippen LogP contribution in [0.3, 0.4) is 0 Å². The second-order valence-electron chi connectivity index (χ2n) is 5.61. The summed E-state index contributed by atoms with van der Waals surface area (Å²) in [5.41, 5.74) is 3.85. The molecule has 0 bridgehead atoms. The highest BCUT2D eigenvalue weighted by Gasteiger charge is 2.13. The number of halogens is 1. The van der Waals surface area contributed by atoms with Crippen molar-refractivity contribution in [3.63, 3.8) is 0 Å². The van der Waals surface area contributed by atoms with Gasteiger partial charge < -0.3 is 5.32 Å². The van der Waals surface area contributed by atoms with E-state index in [9.17, 15) is 4.79 Å². The molecule has 122 valence electrons. The van der Waals surface area contributed by atoms with Gasteiger partial charge >= 0.3 is 0 Å². The zero-order chi connectivity index (χ0) is 17.1. The number of amides is 1. The van der Waals surface area contributed by atoms with Crippen LogP contribution in [0.25, 0.3) is 11.3 Å². The van der Waals surface area contributed by atoms with Crippen LogP contribution in [0.2, 0.25) is 5.02 Å². The maximum Gasteiger partial charge on any atom is 0.231 e. The summed E-state index contributed by atoms with van der Waals surface area (Å²) in [5, 5.41) is 4.42. The molecular weight excluding hydrogens is 340 g/mol. The van der Waals surface area contributed by atoms with Crippen LogP contribution < -0.4 is 5.32 Å². The van der Waals surface area contributed by atoms with Crippen molar-refractivity contribution in [2.24, 2.45) is 0 Å². The first-order valence-electron chi connectivity index (χ1n) is 7.60. The van der Waals surface area contributed by atoms with Gasteiger partial charge in [0, 0.05) is 21.2 Å². The summed E-state index contributed by atoms with van der Waals surface area (Å²) in [6, 6.07) is 15.3. The Bertz CT molecular complexity index is 871. The van der Waals surface area contributed by atoms with Crippen LogP contribution in [0.4, 0.5) is 5.69 Å². The largest absolute Gasteiger partial charge is 0.326 e. The fraction of sp³-hybridized carbons (Fsp3) is 0.158. The Morgan fingerprint density at radius 3 is 2.62 bits per heavy atom. The standard InChI is InChI=1S/C19H17ClN2OS/c1-12-4-3-5-16(10-12)21-17(23)11-18-22-19(13(2)24-18)14-6-8-15(20)9-7-14/h3-10H,11H2,1-2H3,(H,21,23). The number of carbonyl (C=O) groups is 1. The van der Waals surface area contributed by atoms with Gasteiger partial charge in [0.2, 0.25) is 5.91 Å². The molecule has 1 N–H and O–H groups in total. The van der Waals surface area contributed by atoms with Gasteiger partial charge in [0.25, 0.3) is 0 Å². The lowest BCUT2D eigenvalue weighted by molar-refractivity contribution is -0.115. The molecular formula is C19H17ClN2OS. The van der Waals surface area contributed by atoms with Crippen LogP contribution in [0.1, 0.15) is 15.4 Å². The number of carbonyl (C=O) groups excluding carboxylic acids is 1. The summed E-state index contributed by atoms with van der Waals surface area (Å²) < 4.78 is 0. The van der Waals surface area contributed by atoms with Crippen LogP contribution in [-0.4, -0.2) is 10.9 Å². The molecule has 1 heterocycles. The predicted molar refractivity (Wildman–Crippen MR) is 101 cm³/mol. The number of hydrogen-bond donors (Lipinski definition) is 1. The Labute approximate surface area is 150 Å². The summed E-state index contributed by atoms with van der Waals surface area (Å²) in [6.07, 6.45) is 0.271. The lowest BCUT2D eigenvalue weighted by Crippen LogP contribution is -2.14. The third-order valence-electron chi connectivity index (χ3n) is 3.57. The molecule has 5 heteroatoms. The molecule has 0 aliphatic rings. The number of nitrogens with one attached hydrogen (secondary N) is 1. The number of nitrogens with zero attached hydrogens (tertiary/aromatic N) is 1. The maximum atomic E-state index is 12.2. The van der Waals surface area contributed by atoms with Gasteiger partial charge in [0.15, 0.2) is 0 Å². The van der Waals surface area contributed by atoms with Gasteiger partial charge in [-0.05, 0) is 43.7 Å². The zero-order valence-corrected chi connectivity index (χ0v) is 15.0. The van der Waals surface area contributed by atoms with Gasteiger partial charge in [0.05, 0.1) is 12.1 Å². The summed E-state index contributed by atoms with van der Waals surface area (Å²) >= 11 is 7.48. The van der Waals surface area contributed by atoms with Crippen LogP contribution in [-0.2, 0) is 11.2 Å². The van der Waals surface area contributed by atoms with E-state index in [0.717, 1.165) is 32.4 Å². The van der Waals surface area contributed by atoms with Crippen molar-refractivity contribution in [1.29, 1.82) is 0 Å². The molecule has 0 aliphatic heterocycles. The first-order chi connectivity index (χ1) is 11.5. The molecule has 2 aromatic carbocycles. The van der Waals surface area contributed by atoms with E-state index in [1.165, 1.54) is 0 Å². The highest BCUT2D eigenvalue weighted by molar-refractivity contribution is 7.12. The van der Waals surface area contributed by atoms with Crippen LogP contribution in [0.5, 0.6) is 0 Å². The quantitative estimate of drug-likeness (QED) is 0.692. The minimum atomic E-state index is -0.0583. The van der Waals surface area contributed by atoms with Crippen molar-refractivity contribution in [1.82, 2.24) is 4.98 Å². The van der Waals surface area contributed by atoms with Crippen LogP contribution in [0.15, 0.2) is 48.5 Å². The minimum absolute atomic E-state index is 0.0583. The summed E-state index contributed by atoms with van der Waals surface area (Å²) in [6.45, 7) is 4.02. The summed E-state index contributed by atoms with van der Waals surface area (Å²) in [5.74, 6) is -0.0583. The van der Waals surface area contributed by atoms with Gasteiger partial charge in [-0.2, -0.15) is 0 Å². The second kappa shape index (κ2) is 7.16. The third-order valence-corrected chi connectivity index (χ3v) is 4.79. The molecule has 3 rings (SSSR count). The molecule has 0 radical (unpaired) electrons. The average Bonchev–Trinajstić information content (AvgIpc) is 2.88. The SMILES string of the molecule is Cc1cccc(NC(=O)Cc2nc(-c3ccc(Cl)cc3)c(C)s2)c1. The van der Waals surface area contributed by atoms with Gasteiger partial charge in [-0.25, -0.2) is 4.98 Å². The molecule has 3 aromatic rings. The molecule has 1 amide bonds. The molecule has 24 heavy (non-hydrogen) atoms. The van der Waals surface area contributed by atoms with E-state index >= 15 is 0 Å². The molecule has 0 atom stereocenters. The number of aryl methyl sites for hydroxylation is 2. The van der Waals surface area contributed by atoms with E-state index in [1.807, 2.05) is 62.4 Å². The van der Waals surface area contributed by atoms with E-state index < -0.39 is 0 Å². The number of rotatable bonds is 4. The average molecular weight is 357 g/mol. The van der Waals surface area contributed by atoms with Crippen LogP contribution in [0, 0.1) is 13.8 Å². The Balaban J connectivity index is 1.73. The Morgan fingerprint density at radius 1 is 1.17 bits per heavy atom. The van der Waals surface area contributed by atoms with E-state index in [1.54, 1.807) is 11.3 Å². The molecule has 0 saturated heterocycles. The van der Waals surface area contributed by atoms with E-state index in [0.29, 0.717) is 5.02 Å². The van der Waals surface area contributed by atoms with Crippen molar-refractivity contribution < 1.29 is 4.79 Å². The number of aromatic nitrogens is 1. The van der Waals surface area contributed by atoms with Crippen molar-refractivity contribution in [3.05, 3.63) is 69.0 Å². The fourth-order valence-electron chi connectivity index (χ4n) is 2.47. The first-order valence-corrected chi connectivity index (χ1v) is 8.79. The van der Waals surface area contributed by atoms with E-state index in [-0.39, 0.29) is 12.3 Å². The van der Waals surface area contributed by atoms with Crippen molar-refractivity contribution in [2.75, 3.05) is 5.32 Å². The Morgan fingerprint density at radius 2 is 1.92 bits per heavy atom. The predicted octanol–water partition coefficient (Wildman–Crippen LogP) is 5.26. The Kier molecular flexibility index (Phi) is 4.97. The smallest absolute Gasteiger partial charge is 0.231 e. The first kappa shape index (κ1) is 16.7. The van der Waals surface area contributed by atoms with E-state index in [2.05, 4.69) is 10.3 Å². The molecule has 0 unspecified atom stereocenters. The maximum absolute atomic E-state index is 12.2. The number of thiazole rings is 1. The second-order valence-corrected chi connectivity index (χ2v) is 7.34. The summed E-state index contributed by atoms with van der Waals surface area (Å²) in [7, 11) is 0. The lowest BCUT2D eigenvalue weighted by Gasteiger charge is -2.04. The lowest BCUT2D eigenvalue weighted by atomic mass is 10.1. The Hall–Kier alpha value is -2.17. The molecule has 1 aromatic heterocycles. The van der Waals surface area contributed by atoms with Crippen molar-refractivity contribution in [3.8, 4) is 11.3 Å². The molecule has 0 spiro atoms. The minimum Gasteiger partial charge on any atom is -0.326 e. The normalized spacial score (nSPS) is 10.6. The monoisotopic (exact) mass is 356 g/mol. The van der Waals surface area contributed by atoms with Crippen molar-refractivity contribution in [2.45, 2.75) is 20.3 Å². The molecule has 0 aliphatic carbocycles. The van der Waals surface area contributed by atoms with Gasteiger partial charge in [-0.3, -0.25) is 4.79 Å². The fourth-order valence-corrected chi connectivity index (χ4v) is 3.55. The van der Waals surface area contributed by atoms with Crippen LogP contribution >= 0.6 is 22.9 Å².